The number of aromatic amines is 1. The van der Waals surface area contributed by atoms with E-state index in [-0.39, 0.29) is 0 Å². The molecule has 0 radical (unpaired) electrons. The van der Waals surface area contributed by atoms with Crippen LogP contribution in [0, 0.1) is 0 Å². The third-order valence-corrected chi connectivity index (χ3v) is 2.95. The fraction of sp³-hybridized carbons (Fsp3) is 0.250. The number of nitrogens with one attached hydrogen (secondary N) is 2. The first-order valence-corrected chi connectivity index (χ1v) is 6.16. The van der Waals surface area contributed by atoms with Crippen LogP contribution in [-0.2, 0) is 6.54 Å². The maximum atomic E-state index is 6.12. The minimum absolute atomic E-state index is 0.659. The van der Waals surface area contributed by atoms with E-state index in [1.807, 2.05) is 6.07 Å². The smallest absolute Gasteiger partial charge is 0.120 e. The molecule has 2 aromatic rings. The molecule has 0 amide bonds. The first-order chi connectivity index (χ1) is 8.20. The molecular weight excluding hydrogens is 257 g/mol. The zero-order valence-corrected chi connectivity index (χ0v) is 10.9. The third kappa shape index (κ3) is 3.00. The lowest BCUT2D eigenvalue weighted by Gasteiger charge is -2.02. The van der Waals surface area contributed by atoms with Gasteiger partial charge in [-0.1, -0.05) is 30.1 Å². The molecule has 0 aliphatic rings. The summed E-state index contributed by atoms with van der Waals surface area (Å²) in [6.45, 7) is 3.68. The highest BCUT2D eigenvalue weighted by Crippen LogP contribution is 2.29. The van der Waals surface area contributed by atoms with E-state index in [1.54, 1.807) is 18.3 Å². The van der Waals surface area contributed by atoms with Crippen molar-refractivity contribution in [2.45, 2.75) is 13.5 Å². The fourth-order valence-electron chi connectivity index (χ4n) is 1.54. The molecule has 2 N–H and O–H groups in total. The second-order valence-electron chi connectivity index (χ2n) is 3.65. The molecule has 90 valence electrons. The van der Waals surface area contributed by atoms with Crippen LogP contribution in [0.2, 0.25) is 10.0 Å². The van der Waals surface area contributed by atoms with Crippen molar-refractivity contribution in [3.8, 4) is 11.3 Å². The molecular formula is C12H13Cl2N3. The molecule has 2 rings (SSSR count). The summed E-state index contributed by atoms with van der Waals surface area (Å²) >= 11 is 12.1. The summed E-state index contributed by atoms with van der Waals surface area (Å²) in [6, 6.07) is 5.38. The summed E-state index contributed by atoms with van der Waals surface area (Å²) in [6.07, 6.45) is 1.77. The van der Waals surface area contributed by atoms with E-state index >= 15 is 0 Å². The summed E-state index contributed by atoms with van der Waals surface area (Å²) in [5, 5.41) is 4.52. The van der Waals surface area contributed by atoms with E-state index in [4.69, 9.17) is 23.2 Å². The Morgan fingerprint density at radius 2 is 2.18 bits per heavy atom. The first kappa shape index (κ1) is 12.4. The van der Waals surface area contributed by atoms with Crippen LogP contribution in [0.5, 0.6) is 0 Å². The lowest BCUT2D eigenvalue weighted by Crippen LogP contribution is -2.12. The second kappa shape index (κ2) is 5.54. The average molecular weight is 270 g/mol. The Kier molecular flexibility index (Phi) is 4.05. The van der Waals surface area contributed by atoms with Gasteiger partial charge in [-0.25, -0.2) is 4.98 Å². The van der Waals surface area contributed by atoms with Crippen LogP contribution < -0.4 is 5.32 Å². The summed E-state index contributed by atoms with van der Waals surface area (Å²) in [7, 11) is 0. The van der Waals surface area contributed by atoms with Gasteiger partial charge in [0.05, 0.1) is 23.5 Å². The van der Waals surface area contributed by atoms with Crippen LogP contribution in [0.4, 0.5) is 0 Å². The van der Waals surface area contributed by atoms with Crippen molar-refractivity contribution in [3.05, 3.63) is 40.3 Å². The van der Waals surface area contributed by atoms with Crippen molar-refractivity contribution >= 4 is 23.2 Å². The molecule has 0 saturated heterocycles. The van der Waals surface area contributed by atoms with Crippen LogP contribution in [0.15, 0.2) is 24.4 Å². The summed E-state index contributed by atoms with van der Waals surface area (Å²) in [5.74, 6) is 0.887. The Morgan fingerprint density at radius 3 is 2.94 bits per heavy atom. The van der Waals surface area contributed by atoms with Gasteiger partial charge in [-0.2, -0.15) is 0 Å². The fourth-order valence-corrected chi connectivity index (χ4v) is 1.93. The van der Waals surface area contributed by atoms with E-state index in [0.29, 0.717) is 16.6 Å². The Balaban J connectivity index is 2.27. The van der Waals surface area contributed by atoms with Crippen molar-refractivity contribution in [1.82, 2.24) is 15.3 Å². The lowest BCUT2D eigenvalue weighted by molar-refractivity contribution is 0.698. The van der Waals surface area contributed by atoms with Gasteiger partial charge in [-0.05, 0) is 24.7 Å². The Labute approximate surface area is 110 Å². The molecule has 3 nitrogen and oxygen atoms in total. The third-order valence-electron chi connectivity index (χ3n) is 2.39. The second-order valence-corrected chi connectivity index (χ2v) is 4.49. The van der Waals surface area contributed by atoms with E-state index < -0.39 is 0 Å². The highest BCUT2D eigenvalue weighted by molar-refractivity contribution is 6.35. The van der Waals surface area contributed by atoms with Crippen molar-refractivity contribution in [3.63, 3.8) is 0 Å². The van der Waals surface area contributed by atoms with Crippen LogP contribution in [-0.4, -0.2) is 16.5 Å². The molecule has 0 aliphatic heterocycles. The highest BCUT2D eigenvalue weighted by Gasteiger charge is 2.07. The lowest BCUT2D eigenvalue weighted by atomic mass is 10.2. The standard InChI is InChI=1S/C12H13Cl2N3/c1-2-15-7-12-16-6-11(17-12)9-5-8(13)3-4-10(9)14/h3-6,15H,2,7H2,1H3,(H,16,17). The Bertz CT molecular complexity index is 508. The Hall–Kier alpha value is -1.03. The number of hydrogen-bond acceptors (Lipinski definition) is 2. The molecule has 5 heteroatoms. The van der Waals surface area contributed by atoms with Gasteiger partial charge in [0.1, 0.15) is 5.82 Å². The maximum Gasteiger partial charge on any atom is 0.120 e. The summed E-state index contributed by atoms with van der Waals surface area (Å²) < 4.78 is 0. The Morgan fingerprint density at radius 1 is 1.35 bits per heavy atom. The molecule has 1 aromatic heterocycles. The minimum atomic E-state index is 0.659. The van der Waals surface area contributed by atoms with Crippen LogP contribution in [0.1, 0.15) is 12.7 Å². The summed E-state index contributed by atoms with van der Waals surface area (Å²) in [4.78, 5) is 7.50. The predicted octanol–water partition coefficient (Wildman–Crippen LogP) is 3.49. The first-order valence-electron chi connectivity index (χ1n) is 5.40. The normalized spacial score (nSPS) is 10.8. The molecule has 0 saturated carbocycles. The van der Waals surface area contributed by atoms with Gasteiger partial charge in [0, 0.05) is 10.6 Å². The molecule has 1 aromatic carbocycles. The van der Waals surface area contributed by atoms with Gasteiger partial charge in [0.15, 0.2) is 0 Å². The highest BCUT2D eigenvalue weighted by atomic mass is 35.5. The number of aromatic nitrogens is 2. The van der Waals surface area contributed by atoms with E-state index in [9.17, 15) is 0 Å². The minimum Gasteiger partial charge on any atom is -0.341 e. The average Bonchev–Trinajstić information content (AvgIpc) is 2.78. The maximum absolute atomic E-state index is 6.12. The van der Waals surface area contributed by atoms with Crippen molar-refractivity contribution < 1.29 is 0 Å². The molecule has 0 bridgehead atoms. The SMILES string of the molecule is CCNCc1ncc(-c2cc(Cl)ccc2Cl)[nH]1. The van der Waals surface area contributed by atoms with Crippen LogP contribution in [0.3, 0.4) is 0 Å². The number of hydrogen-bond donors (Lipinski definition) is 2. The number of rotatable bonds is 4. The largest absolute Gasteiger partial charge is 0.341 e. The zero-order chi connectivity index (χ0) is 12.3. The van der Waals surface area contributed by atoms with Gasteiger partial charge >= 0.3 is 0 Å². The van der Waals surface area contributed by atoms with Gasteiger partial charge in [0.2, 0.25) is 0 Å². The molecule has 0 spiro atoms. The molecule has 1 heterocycles. The van der Waals surface area contributed by atoms with Gasteiger partial charge in [-0.15, -0.1) is 0 Å². The monoisotopic (exact) mass is 269 g/mol. The van der Waals surface area contributed by atoms with Crippen LogP contribution >= 0.6 is 23.2 Å². The summed E-state index contributed by atoms with van der Waals surface area (Å²) in [5.41, 5.74) is 1.75. The molecule has 0 fully saturated rings. The van der Waals surface area contributed by atoms with E-state index in [0.717, 1.165) is 23.6 Å². The molecule has 0 unspecified atom stereocenters. The quantitative estimate of drug-likeness (QED) is 0.892. The molecule has 0 atom stereocenters. The number of H-pyrrole nitrogens is 1. The molecule has 0 aliphatic carbocycles. The van der Waals surface area contributed by atoms with Gasteiger partial charge in [0.25, 0.3) is 0 Å². The van der Waals surface area contributed by atoms with Crippen molar-refractivity contribution in [1.29, 1.82) is 0 Å². The number of halogens is 2. The number of benzene rings is 1. The zero-order valence-electron chi connectivity index (χ0n) is 9.43. The van der Waals surface area contributed by atoms with E-state index in [2.05, 4.69) is 22.2 Å². The van der Waals surface area contributed by atoms with Crippen LogP contribution in [0.25, 0.3) is 11.3 Å². The number of imidazole rings is 1. The number of nitrogens with zero attached hydrogens (tertiary/aromatic N) is 1. The molecule has 17 heavy (non-hydrogen) atoms. The topological polar surface area (TPSA) is 40.7 Å². The van der Waals surface area contributed by atoms with Crippen molar-refractivity contribution in [2.75, 3.05) is 6.54 Å². The van der Waals surface area contributed by atoms with Gasteiger partial charge in [-0.3, -0.25) is 0 Å². The van der Waals surface area contributed by atoms with E-state index in [1.165, 1.54) is 0 Å². The van der Waals surface area contributed by atoms with Gasteiger partial charge < -0.3 is 10.3 Å². The predicted molar refractivity (Wildman–Crippen MR) is 71.4 cm³/mol. The van der Waals surface area contributed by atoms with Crippen molar-refractivity contribution in [2.24, 2.45) is 0 Å².